The second kappa shape index (κ2) is 6.93. The molecular weight excluding hydrogens is 299 g/mol. The number of anilines is 1. The normalized spacial score (nSPS) is 10.5. The van der Waals surface area contributed by atoms with E-state index in [0.717, 1.165) is 5.56 Å². The Morgan fingerprint density at radius 3 is 2.55 bits per heavy atom. The summed E-state index contributed by atoms with van der Waals surface area (Å²) in [6, 6.07) is 14.0. The maximum atomic E-state index is 11.5. The summed E-state index contributed by atoms with van der Waals surface area (Å²) in [6.45, 7) is 0. The number of hydrogen-bond acceptors (Lipinski definition) is 3. The lowest BCUT2D eigenvalue weighted by Crippen LogP contribution is -2.10. The molecule has 1 N–H and O–H groups in total. The number of rotatable bonds is 3. The Bertz CT molecular complexity index is 630. The van der Waals surface area contributed by atoms with E-state index in [2.05, 4.69) is 15.3 Å². The van der Waals surface area contributed by atoms with E-state index >= 15 is 0 Å². The second-order valence-electron chi connectivity index (χ2n) is 3.78. The molecule has 0 aliphatic carbocycles. The molecule has 1 amide bonds. The molecule has 0 radical (unpaired) electrons. The van der Waals surface area contributed by atoms with Crippen molar-refractivity contribution in [3.63, 3.8) is 0 Å². The Hall–Kier alpha value is -2.04. The van der Waals surface area contributed by atoms with Gasteiger partial charge >= 0.3 is 6.09 Å². The van der Waals surface area contributed by atoms with Gasteiger partial charge in [-0.25, -0.2) is 4.79 Å². The molecule has 0 saturated heterocycles. The third-order valence-corrected chi connectivity index (χ3v) is 3.04. The maximum absolute atomic E-state index is 11.5. The molecule has 20 heavy (non-hydrogen) atoms. The topological polar surface area (TPSA) is 50.7 Å². The van der Waals surface area contributed by atoms with Gasteiger partial charge in [-0.15, -0.1) is 0 Å². The van der Waals surface area contributed by atoms with E-state index in [-0.39, 0.29) is 0 Å². The van der Waals surface area contributed by atoms with Crippen LogP contribution in [0.1, 0.15) is 5.56 Å². The van der Waals surface area contributed by atoms with Crippen molar-refractivity contribution in [2.75, 3.05) is 5.32 Å². The Balaban J connectivity index is 1.89. The summed E-state index contributed by atoms with van der Waals surface area (Å²) in [5.74, 6) is 0. The number of carbonyl (C=O) groups excluding carboxylic acids is 1. The fourth-order valence-corrected chi connectivity index (χ4v) is 1.69. The van der Waals surface area contributed by atoms with E-state index in [4.69, 9.17) is 23.2 Å². The highest BCUT2D eigenvalue weighted by Crippen LogP contribution is 2.24. The zero-order valence-electron chi connectivity index (χ0n) is 10.2. The minimum absolute atomic E-state index is 0.345. The van der Waals surface area contributed by atoms with Crippen LogP contribution in [0.3, 0.4) is 0 Å². The Kier molecular flexibility index (Phi) is 4.98. The van der Waals surface area contributed by atoms with Gasteiger partial charge in [0.15, 0.2) is 0 Å². The Labute approximate surface area is 125 Å². The summed E-state index contributed by atoms with van der Waals surface area (Å²) in [5, 5.41) is 6.81. The summed E-state index contributed by atoms with van der Waals surface area (Å²) in [4.78, 5) is 16.1. The molecular formula is C14H10Cl2N2O2. The molecule has 0 aliphatic heterocycles. The number of halogens is 2. The van der Waals surface area contributed by atoms with Gasteiger partial charge in [0.2, 0.25) is 0 Å². The molecule has 0 saturated carbocycles. The zero-order valence-corrected chi connectivity index (χ0v) is 11.7. The van der Waals surface area contributed by atoms with Crippen molar-refractivity contribution in [3.05, 3.63) is 64.1 Å². The molecule has 0 aromatic heterocycles. The van der Waals surface area contributed by atoms with Gasteiger partial charge in [0.05, 0.1) is 16.3 Å². The molecule has 0 heterocycles. The van der Waals surface area contributed by atoms with Crippen LogP contribution in [0.15, 0.2) is 53.7 Å². The lowest BCUT2D eigenvalue weighted by atomic mass is 10.2. The van der Waals surface area contributed by atoms with Gasteiger partial charge in [-0.05, 0) is 23.8 Å². The van der Waals surface area contributed by atoms with Gasteiger partial charge in [0.1, 0.15) is 0 Å². The molecule has 0 aliphatic rings. The summed E-state index contributed by atoms with van der Waals surface area (Å²) < 4.78 is 0. The molecule has 0 bridgehead atoms. The molecule has 2 rings (SSSR count). The predicted octanol–water partition coefficient (Wildman–Crippen LogP) is 4.58. The molecule has 0 unspecified atom stereocenters. The average molecular weight is 309 g/mol. The zero-order chi connectivity index (χ0) is 14.4. The third-order valence-electron chi connectivity index (χ3n) is 2.30. The molecule has 0 fully saturated rings. The van der Waals surface area contributed by atoms with Gasteiger partial charge in [0, 0.05) is 5.69 Å². The van der Waals surface area contributed by atoms with Crippen LogP contribution < -0.4 is 5.32 Å². The Morgan fingerprint density at radius 2 is 1.85 bits per heavy atom. The predicted molar refractivity (Wildman–Crippen MR) is 80.6 cm³/mol. The van der Waals surface area contributed by atoms with Crippen LogP contribution in [0, 0.1) is 0 Å². The van der Waals surface area contributed by atoms with Gasteiger partial charge in [-0.1, -0.05) is 58.7 Å². The van der Waals surface area contributed by atoms with Gasteiger partial charge in [-0.3, -0.25) is 10.2 Å². The third kappa shape index (κ3) is 4.26. The van der Waals surface area contributed by atoms with Crippen LogP contribution in [0.5, 0.6) is 0 Å². The average Bonchev–Trinajstić information content (AvgIpc) is 2.44. The van der Waals surface area contributed by atoms with Crippen LogP contribution >= 0.6 is 23.2 Å². The van der Waals surface area contributed by atoms with Crippen LogP contribution in [-0.4, -0.2) is 12.3 Å². The Morgan fingerprint density at radius 1 is 1.10 bits per heavy atom. The quantitative estimate of drug-likeness (QED) is 0.513. The minimum atomic E-state index is -0.712. The van der Waals surface area contributed by atoms with Crippen LogP contribution in [0.25, 0.3) is 0 Å². The monoisotopic (exact) mass is 308 g/mol. The van der Waals surface area contributed by atoms with E-state index in [1.807, 2.05) is 30.3 Å². The standard InChI is InChI=1S/C14H10Cl2N2O2/c15-12-7-6-11(8-13(12)16)18-14(19)20-17-9-10-4-2-1-3-5-10/h1-9H,(H,18,19)/b17-9+. The lowest BCUT2D eigenvalue weighted by molar-refractivity contribution is 0.167. The van der Waals surface area contributed by atoms with E-state index < -0.39 is 6.09 Å². The summed E-state index contributed by atoms with van der Waals surface area (Å²) >= 11 is 11.6. The highest BCUT2D eigenvalue weighted by Gasteiger charge is 2.04. The van der Waals surface area contributed by atoms with Crippen molar-refractivity contribution in [3.8, 4) is 0 Å². The highest BCUT2D eigenvalue weighted by molar-refractivity contribution is 6.42. The number of nitrogens with zero attached hydrogens (tertiary/aromatic N) is 1. The first-order chi connectivity index (χ1) is 9.65. The number of amides is 1. The molecule has 2 aromatic carbocycles. The first kappa shape index (κ1) is 14.4. The van der Waals surface area contributed by atoms with E-state index in [9.17, 15) is 4.79 Å². The van der Waals surface area contributed by atoms with Crippen molar-refractivity contribution in [1.82, 2.24) is 0 Å². The van der Waals surface area contributed by atoms with Crippen LogP contribution in [-0.2, 0) is 4.84 Å². The van der Waals surface area contributed by atoms with Crippen molar-refractivity contribution in [1.29, 1.82) is 0 Å². The fraction of sp³-hybridized carbons (Fsp3) is 0. The number of nitrogens with one attached hydrogen (secondary N) is 1. The summed E-state index contributed by atoms with van der Waals surface area (Å²) in [6.07, 6.45) is 0.726. The van der Waals surface area contributed by atoms with Crippen molar-refractivity contribution in [2.45, 2.75) is 0 Å². The first-order valence-electron chi connectivity index (χ1n) is 5.66. The number of carbonyl (C=O) groups is 1. The molecule has 6 heteroatoms. The largest absolute Gasteiger partial charge is 0.437 e. The minimum Gasteiger partial charge on any atom is -0.298 e. The lowest BCUT2D eigenvalue weighted by Gasteiger charge is -2.03. The van der Waals surface area contributed by atoms with Crippen LogP contribution in [0.2, 0.25) is 10.0 Å². The van der Waals surface area contributed by atoms with Crippen molar-refractivity contribution in [2.24, 2.45) is 5.16 Å². The smallest absolute Gasteiger partial charge is 0.298 e. The molecule has 0 atom stereocenters. The number of benzene rings is 2. The van der Waals surface area contributed by atoms with Crippen LogP contribution in [0.4, 0.5) is 10.5 Å². The first-order valence-corrected chi connectivity index (χ1v) is 6.42. The van der Waals surface area contributed by atoms with Crippen molar-refractivity contribution < 1.29 is 9.63 Å². The SMILES string of the molecule is O=C(Nc1ccc(Cl)c(Cl)c1)O/N=C/c1ccccc1. The van der Waals surface area contributed by atoms with Gasteiger partial charge < -0.3 is 0 Å². The number of hydrogen-bond donors (Lipinski definition) is 1. The second-order valence-corrected chi connectivity index (χ2v) is 4.59. The van der Waals surface area contributed by atoms with Gasteiger partial charge in [-0.2, -0.15) is 0 Å². The van der Waals surface area contributed by atoms with E-state index in [1.54, 1.807) is 12.1 Å². The molecule has 0 spiro atoms. The van der Waals surface area contributed by atoms with E-state index in [0.29, 0.717) is 15.7 Å². The molecule has 4 nitrogen and oxygen atoms in total. The molecule has 102 valence electrons. The molecule has 2 aromatic rings. The fourth-order valence-electron chi connectivity index (χ4n) is 1.39. The summed E-state index contributed by atoms with van der Waals surface area (Å²) in [7, 11) is 0. The summed E-state index contributed by atoms with van der Waals surface area (Å²) in [5.41, 5.74) is 1.30. The van der Waals surface area contributed by atoms with Crippen molar-refractivity contribution >= 4 is 41.2 Å². The van der Waals surface area contributed by atoms with E-state index in [1.165, 1.54) is 12.3 Å². The van der Waals surface area contributed by atoms with Gasteiger partial charge in [0.25, 0.3) is 0 Å². The highest BCUT2D eigenvalue weighted by atomic mass is 35.5. The maximum Gasteiger partial charge on any atom is 0.437 e. The number of oxime groups is 1.